The molecule has 0 fully saturated rings. The maximum atomic E-state index is 11.3. The van der Waals surface area contributed by atoms with Gasteiger partial charge in [0.1, 0.15) is 16.8 Å². The Bertz CT molecular complexity index is 1140. The molecule has 0 aliphatic rings. The van der Waals surface area contributed by atoms with E-state index in [0.717, 1.165) is 22.3 Å². The van der Waals surface area contributed by atoms with Gasteiger partial charge in [-0.15, -0.1) is 11.3 Å². The Morgan fingerprint density at radius 2 is 2.17 bits per heavy atom. The number of fused-ring (bicyclic) bond motifs is 1. The zero-order chi connectivity index (χ0) is 16.5. The summed E-state index contributed by atoms with van der Waals surface area (Å²) in [7, 11) is 0. The second-order valence-corrected chi connectivity index (χ2v) is 5.92. The smallest absolute Gasteiger partial charge is 0.323 e. The molecule has 0 saturated heterocycles. The number of furan rings is 1. The lowest BCUT2D eigenvalue weighted by molar-refractivity contribution is 0.557. The van der Waals surface area contributed by atoms with Crippen LogP contribution in [0.5, 0.6) is 0 Å². The van der Waals surface area contributed by atoms with E-state index in [-0.39, 0.29) is 5.69 Å². The summed E-state index contributed by atoms with van der Waals surface area (Å²) >= 11 is 1.39. The molecule has 6 nitrogen and oxygen atoms in total. The van der Waals surface area contributed by atoms with Crippen LogP contribution in [-0.2, 0) is 0 Å². The third-order valence-electron chi connectivity index (χ3n) is 3.50. The van der Waals surface area contributed by atoms with E-state index in [2.05, 4.69) is 21.0 Å². The van der Waals surface area contributed by atoms with Crippen molar-refractivity contribution in [1.29, 1.82) is 5.26 Å². The number of rotatable bonds is 3. The monoisotopic (exact) mass is 334 g/mol. The van der Waals surface area contributed by atoms with Gasteiger partial charge in [0.05, 0.1) is 28.6 Å². The van der Waals surface area contributed by atoms with E-state index in [1.807, 2.05) is 23.6 Å². The fourth-order valence-corrected chi connectivity index (χ4v) is 3.17. The Balaban J connectivity index is 1.73. The number of nitrogens with one attached hydrogen (secondary N) is 2. The highest BCUT2D eigenvalue weighted by Gasteiger charge is 2.10. The quantitative estimate of drug-likeness (QED) is 0.559. The molecule has 0 spiro atoms. The average molecular weight is 334 g/mol. The molecule has 0 unspecified atom stereocenters. The molecule has 116 valence electrons. The summed E-state index contributed by atoms with van der Waals surface area (Å²) in [5.74, 6) is 0.606. The van der Waals surface area contributed by atoms with Gasteiger partial charge in [0.25, 0.3) is 0 Å². The highest BCUT2D eigenvalue weighted by Crippen LogP contribution is 2.28. The van der Waals surface area contributed by atoms with Gasteiger partial charge >= 0.3 is 5.69 Å². The van der Waals surface area contributed by atoms with Gasteiger partial charge in [0, 0.05) is 17.0 Å². The molecule has 0 radical (unpaired) electrons. The third-order valence-corrected chi connectivity index (χ3v) is 4.37. The summed E-state index contributed by atoms with van der Waals surface area (Å²) in [6.07, 6.45) is 3.22. The minimum atomic E-state index is -0.241. The first-order valence-electron chi connectivity index (χ1n) is 7.06. The lowest BCUT2D eigenvalue weighted by Crippen LogP contribution is -1.99. The lowest BCUT2D eigenvalue weighted by Gasteiger charge is -1.97. The molecule has 7 heteroatoms. The SMILES string of the molecule is N#CC(=Cc1ccco1)c1nc(-c2ccc3[nH]c(=O)[nH]c3c2)cs1. The van der Waals surface area contributed by atoms with E-state index in [4.69, 9.17) is 4.42 Å². The first-order valence-corrected chi connectivity index (χ1v) is 7.94. The molecule has 3 heterocycles. The van der Waals surface area contributed by atoms with Crippen molar-refractivity contribution in [1.82, 2.24) is 15.0 Å². The molecule has 0 aliphatic carbocycles. The highest BCUT2D eigenvalue weighted by molar-refractivity contribution is 7.11. The van der Waals surface area contributed by atoms with Crippen molar-refractivity contribution in [2.75, 3.05) is 0 Å². The minimum Gasteiger partial charge on any atom is -0.465 e. The topological polar surface area (TPSA) is 98.5 Å². The molecule has 2 N–H and O–H groups in total. The van der Waals surface area contributed by atoms with Crippen LogP contribution in [0.3, 0.4) is 0 Å². The van der Waals surface area contributed by atoms with Crippen molar-refractivity contribution in [3.63, 3.8) is 0 Å². The molecular formula is C17H10N4O2S. The number of thiazole rings is 1. The van der Waals surface area contributed by atoms with Crippen molar-refractivity contribution in [3.8, 4) is 17.3 Å². The Morgan fingerprint density at radius 3 is 2.96 bits per heavy atom. The van der Waals surface area contributed by atoms with Gasteiger partial charge in [0.15, 0.2) is 0 Å². The van der Waals surface area contributed by atoms with Crippen LogP contribution in [0.1, 0.15) is 10.8 Å². The number of nitrogens with zero attached hydrogens (tertiary/aromatic N) is 2. The molecule has 1 aromatic carbocycles. The first-order chi connectivity index (χ1) is 11.7. The number of imidazole rings is 1. The Labute approximate surface area is 139 Å². The van der Waals surface area contributed by atoms with Crippen LogP contribution in [0, 0.1) is 11.3 Å². The fraction of sp³-hybridized carbons (Fsp3) is 0. The van der Waals surface area contributed by atoms with Crippen LogP contribution in [0.2, 0.25) is 0 Å². The summed E-state index contributed by atoms with van der Waals surface area (Å²) in [6.45, 7) is 0. The highest BCUT2D eigenvalue weighted by atomic mass is 32.1. The standard InChI is InChI=1S/C17H10N4O2S/c18-8-11(6-12-2-1-5-23-12)16-19-15(9-24-16)10-3-4-13-14(7-10)21-17(22)20-13/h1-7,9H,(H2,20,21,22). The van der Waals surface area contributed by atoms with Gasteiger partial charge in [-0.25, -0.2) is 9.78 Å². The third kappa shape index (κ3) is 2.55. The van der Waals surface area contributed by atoms with E-state index in [1.54, 1.807) is 24.5 Å². The van der Waals surface area contributed by atoms with Crippen LogP contribution in [-0.4, -0.2) is 15.0 Å². The van der Waals surface area contributed by atoms with E-state index in [0.29, 0.717) is 16.3 Å². The molecular weight excluding hydrogens is 324 g/mol. The van der Waals surface area contributed by atoms with Crippen LogP contribution >= 0.6 is 11.3 Å². The van der Waals surface area contributed by atoms with Gasteiger partial charge in [-0.05, 0) is 24.3 Å². The fourth-order valence-electron chi connectivity index (χ4n) is 2.38. The Hall–Kier alpha value is -3.37. The van der Waals surface area contributed by atoms with Gasteiger partial charge in [-0.3, -0.25) is 0 Å². The molecule has 0 amide bonds. The number of nitriles is 1. The van der Waals surface area contributed by atoms with Crippen molar-refractivity contribution in [2.24, 2.45) is 0 Å². The number of hydrogen-bond donors (Lipinski definition) is 2. The summed E-state index contributed by atoms with van der Waals surface area (Å²) in [6, 6.07) is 11.3. The zero-order valence-electron chi connectivity index (χ0n) is 12.2. The summed E-state index contributed by atoms with van der Waals surface area (Å²) in [5, 5.41) is 11.9. The first kappa shape index (κ1) is 14.2. The van der Waals surface area contributed by atoms with Gasteiger partial charge < -0.3 is 14.4 Å². The van der Waals surface area contributed by atoms with E-state index in [1.165, 1.54) is 11.3 Å². The Morgan fingerprint density at radius 1 is 1.29 bits per heavy atom. The normalized spacial score (nSPS) is 11.7. The van der Waals surface area contributed by atoms with Crippen molar-refractivity contribution in [2.45, 2.75) is 0 Å². The summed E-state index contributed by atoms with van der Waals surface area (Å²) < 4.78 is 5.24. The molecule has 0 saturated carbocycles. The number of aromatic nitrogens is 3. The number of hydrogen-bond acceptors (Lipinski definition) is 5. The predicted molar refractivity (Wildman–Crippen MR) is 92.2 cm³/mol. The maximum Gasteiger partial charge on any atom is 0.323 e. The van der Waals surface area contributed by atoms with Crippen LogP contribution in [0.4, 0.5) is 0 Å². The van der Waals surface area contributed by atoms with E-state index in [9.17, 15) is 10.1 Å². The van der Waals surface area contributed by atoms with Crippen molar-refractivity contribution in [3.05, 3.63) is 63.2 Å². The number of benzene rings is 1. The molecule has 0 atom stereocenters. The van der Waals surface area contributed by atoms with E-state index >= 15 is 0 Å². The summed E-state index contributed by atoms with van der Waals surface area (Å²) in [4.78, 5) is 21.3. The largest absolute Gasteiger partial charge is 0.465 e. The number of aromatic amines is 2. The van der Waals surface area contributed by atoms with Gasteiger partial charge in [-0.1, -0.05) is 6.07 Å². The number of allylic oxidation sites excluding steroid dienone is 1. The number of H-pyrrole nitrogens is 2. The molecule has 24 heavy (non-hydrogen) atoms. The average Bonchev–Trinajstić information content (AvgIpc) is 3.31. The van der Waals surface area contributed by atoms with Crippen molar-refractivity contribution >= 4 is 34.0 Å². The van der Waals surface area contributed by atoms with Crippen LogP contribution in [0.25, 0.3) is 33.9 Å². The zero-order valence-corrected chi connectivity index (χ0v) is 13.1. The Kier molecular flexibility index (Phi) is 3.37. The van der Waals surface area contributed by atoms with E-state index < -0.39 is 0 Å². The second kappa shape index (κ2) is 5.68. The van der Waals surface area contributed by atoms with Gasteiger partial charge in [0.2, 0.25) is 0 Å². The second-order valence-electron chi connectivity index (χ2n) is 5.06. The predicted octanol–water partition coefficient (Wildman–Crippen LogP) is 3.64. The van der Waals surface area contributed by atoms with Crippen LogP contribution < -0.4 is 5.69 Å². The van der Waals surface area contributed by atoms with Crippen LogP contribution in [0.15, 0.2) is 51.2 Å². The molecule has 4 rings (SSSR count). The molecule has 3 aromatic heterocycles. The molecule has 0 aliphatic heterocycles. The molecule has 0 bridgehead atoms. The minimum absolute atomic E-state index is 0.241. The lowest BCUT2D eigenvalue weighted by atomic mass is 10.1. The van der Waals surface area contributed by atoms with Crippen molar-refractivity contribution < 1.29 is 4.42 Å². The molecule has 4 aromatic rings. The summed E-state index contributed by atoms with van der Waals surface area (Å²) in [5.41, 5.74) is 3.29. The van der Waals surface area contributed by atoms with Gasteiger partial charge in [-0.2, -0.15) is 5.26 Å². The maximum absolute atomic E-state index is 11.3.